The van der Waals surface area contributed by atoms with E-state index in [2.05, 4.69) is 16.0 Å². The Morgan fingerprint density at radius 3 is 2.29 bits per heavy atom. The highest BCUT2D eigenvalue weighted by molar-refractivity contribution is 5.79. The molecule has 3 aliphatic rings. The Kier molecular flexibility index (Phi) is 5.65. The Balaban J connectivity index is 1.75. The van der Waals surface area contributed by atoms with E-state index in [0.29, 0.717) is 19.6 Å². The third kappa shape index (κ3) is 4.40. The van der Waals surface area contributed by atoms with E-state index in [-0.39, 0.29) is 18.9 Å². The summed E-state index contributed by atoms with van der Waals surface area (Å²) in [6.07, 6.45) is -11.3. The topological polar surface area (TPSA) is 56.4 Å². The highest BCUT2D eigenvalue weighted by Crippen LogP contribution is 2.47. The van der Waals surface area contributed by atoms with Crippen molar-refractivity contribution in [2.24, 2.45) is 17.3 Å². The van der Waals surface area contributed by atoms with Gasteiger partial charge in [0.05, 0.1) is 24.5 Å². The number of fused-ring (bicyclic) bond motifs is 1. The molecule has 0 aromatic carbocycles. The van der Waals surface area contributed by atoms with Gasteiger partial charge in [-0.3, -0.25) is 15.4 Å². The summed E-state index contributed by atoms with van der Waals surface area (Å²) in [5.41, 5.74) is -0.659. The molecule has 0 spiro atoms. The first kappa shape index (κ1) is 21.6. The van der Waals surface area contributed by atoms with Crippen LogP contribution in [0.2, 0.25) is 0 Å². The monoisotopic (exact) mass is 416 g/mol. The van der Waals surface area contributed by atoms with E-state index in [1.54, 1.807) is 18.7 Å². The second kappa shape index (κ2) is 7.32. The smallest absolute Gasteiger partial charge is 0.340 e. The van der Waals surface area contributed by atoms with Crippen LogP contribution in [0.15, 0.2) is 0 Å². The van der Waals surface area contributed by atoms with E-state index in [0.717, 1.165) is 0 Å². The van der Waals surface area contributed by atoms with Crippen molar-refractivity contribution in [1.29, 1.82) is 0 Å². The summed E-state index contributed by atoms with van der Waals surface area (Å²) in [7, 11) is 0. The van der Waals surface area contributed by atoms with Crippen LogP contribution in [-0.2, 0) is 4.79 Å². The van der Waals surface area contributed by atoms with Crippen molar-refractivity contribution < 1.29 is 31.1 Å². The van der Waals surface area contributed by atoms with Crippen LogP contribution in [0.4, 0.5) is 26.3 Å². The normalized spacial score (nSPS) is 35.2. The number of amides is 1. The van der Waals surface area contributed by atoms with Crippen molar-refractivity contribution in [3.05, 3.63) is 0 Å². The SMILES string of the molecule is CC(C)(CN1CCNCC1=O)C1NC2CC(C(F)(F)F)CC(C(F)(F)F)C2N1. The van der Waals surface area contributed by atoms with Gasteiger partial charge in [0, 0.05) is 37.1 Å². The van der Waals surface area contributed by atoms with Gasteiger partial charge in [-0.15, -0.1) is 0 Å². The number of alkyl halides is 6. The molecule has 0 bridgehead atoms. The third-order valence-electron chi connectivity index (χ3n) is 6.13. The molecule has 0 aromatic heterocycles. The minimum Gasteiger partial charge on any atom is -0.340 e. The zero-order chi connectivity index (χ0) is 20.9. The summed E-state index contributed by atoms with van der Waals surface area (Å²) in [6, 6.07) is -2.03. The first-order valence-corrected chi connectivity index (χ1v) is 9.43. The molecule has 1 amide bonds. The molecule has 5 nitrogen and oxygen atoms in total. The number of halogens is 6. The van der Waals surface area contributed by atoms with Crippen LogP contribution >= 0.6 is 0 Å². The van der Waals surface area contributed by atoms with Crippen LogP contribution in [0.25, 0.3) is 0 Å². The second-order valence-electron chi connectivity index (χ2n) is 8.74. The number of carbonyl (C=O) groups excluding carboxylic acids is 1. The zero-order valence-electron chi connectivity index (χ0n) is 15.8. The summed E-state index contributed by atoms with van der Waals surface area (Å²) in [5, 5.41) is 8.84. The molecule has 1 aliphatic carbocycles. The molecule has 11 heteroatoms. The van der Waals surface area contributed by atoms with E-state index in [9.17, 15) is 31.1 Å². The quantitative estimate of drug-likeness (QED) is 0.615. The molecule has 28 heavy (non-hydrogen) atoms. The van der Waals surface area contributed by atoms with Crippen LogP contribution in [0, 0.1) is 17.3 Å². The summed E-state index contributed by atoms with van der Waals surface area (Å²) in [6.45, 7) is 5.22. The van der Waals surface area contributed by atoms with Gasteiger partial charge in [0.1, 0.15) is 0 Å². The maximum absolute atomic E-state index is 13.5. The number of nitrogens with zero attached hydrogens (tertiary/aromatic N) is 1. The predicted molar refractivity (Wildman–Crippen MR) is 89.2 cm³/mol. The van der Waals surface area contributed by atoms with Crippen LogP contribution < -0.4 is 16.0 Å². The molecule has 5 unspecified atom stereocenters. The molecule has 1 saturated carbocycles. The van der Waals surface area contributed by atoms with Crippen molar-refractivity contribution in [3.8, 4) is 0 Å². The number of carbonyl (C=O) groups is 1. The lowest BCUT2D eigenvalue weighted by Gasteiger charge is -2.39. The van der Waals surface area contributed by atoms with Crippen LogP contribution in [-0.4, -0.2) is 67.6 Å². The van der Waals surface area contributed by atoms with Crippen molar-refractivity contribution in [3.63, 3.8) is 0 Å². The van der Waals surface area contributed by atoms with E-state index in [1.165, 1.54) is 0 Å². The molecule has 3 rings (SSSR count). The van der Waals surface area contributed by atoms with E-state index in [4.69, 9.17) is 0 Å². The van der Waals surface area contributed by atoms with Gasteiger partial charge in [0.15, 0.2) is 0 Å². The fraction of sp³-hybridized carbons (Fsp3) is 0.941. The molecular weight excluding hydrogens is 390 g/mol. The largest absolute Gasteiger partial charge is 0.393 e. The fourth-order valence-electron chi connectivity index (χ4n) is 4.59. The minimum atomic E-state index is -4.71. The molecule has 0 aromatic rings. The standard InChI is InChI=1S/C17H26F6N4O/c1-15(2,8-27-4-3-24-7-12(27)28)14-25-11-6-9(16(18,19)20)5-10(13(11)26-14)17(21,22)23/h9-11,13-14,24-26H,3-8H2,1-2H3. The molecule has 3 N–H and O–H groups in total. The van der Waals surface area contributed by atoms with Gasteiger partial charge in [-0.2, -0.15) is 26.3 Å². The van der Waals surface area contributed by atoms with Crippen LogP contribution in [0.1, 0.15) is 26.7 Å². The Morgan fingerprint density at radius 2 is 1.71 bits per heavy atom. The van der Waals surface area contributed by atoms with Gasteiger partial charge < -0.3 is 10.2 Å². The van der Waals surface area contributed by atoms with Gasteiger partial charge in [-0.1, -0.05) is 13.8 Å². The molecule has 2 saturated heterocycles. The van der Waals surface area contributed by atoms with Crippen molar-refractivity contribution >= 4 is 5.91 Å². The summed E-state index contributed by atoms with van der Waals surface area (Å²) in [5.74, 6) is -4.14. The average Bonchev–Trinajstić information content (AvgIpc) is 2.99. The van der Waals surface area contributed by atoms with Crippen LogP contribution in [0.3, 0.4) is 0 Å². The number of hydrogen-bond acceptors (Lipinski definition) is 4. The Labute approximate surface area is 159 Å². The number of piperazine rings is 1. The lowest BCUT2D eigenvalue weighted by atomic mass is 9.75. The summed E-state index contributed by atoms with van der Waals surface area (Å²) in [4.78, 5) is 13.7. The molecule has 0 radical (unpaired) electrons. The number of rotatable bonds is 3. The zero-order valence-corrected chi connectivity index (χ0v) is 15.8. The highest BCUT2D eigenvalue weighted by atomic mass is 19.4. The van der Waals surface area contributed by atoms with Gasteiger partial charge in [-0.05, 0) is 12.8 Å². The first-order chi connectivity index (χ1) is 12.8. The average molecular weight is 416 g/mol. The van der Waals surface area contributed by atoms with Gasteiger partial charge in [-0.25, -0.2) is 0 Å². The van der Waals surface area contributed by atoms with Crippen molar-refractivity contribution in [2.75, 3.05) is 26.2 Å². The lowest BCUT2D eigenvalue weighted by molar-refractivity contribution is -0.228. The van der Waals surface area contributed by atoms with Gasteiger partial charge in [0.2, 0.25) is 5.91 Å². The Bertz CT molecular complexity index is 593. The van der Waals surface area contributed by atoms with Gasteiger partial charge >= 0.3 is 12.4 Å². The van der Waals surface area contributed by atoms with Crippen molar-refractivity contribution in [1.82, 2.24) is 20.9 Å². The second-order valence-corrected chi connectivity index (χ2v) is 8.74. The maximum atomic E-state index is 13.5. The molecule has 162 valence electrons. The Morgan fingerprint density at radius 1 is 1.04 bits per heavy atom. The summed E-state index contributed by atoms with van der Waals surface area (Å²) >= 11 is 0. The molecule has 5 atom stereocenters. The minimum absolute atomic E-state index is 0.0972. The highest BCUT2D eigenvalue weighted by Gasteiger charge is 2.59. The summed E-state index contributed by atoms with van der Waals surface area (Å²) < 4.78 is 80.0. The van der Waals surface area contributed by atoms with E-state index in [1.807, 2.05) is 0 Å². The van der Waals surface area contributed by atoms with Crippen molar-refractivity contribution in [2.45, 2.75) is 57.3 Å². The first-order valence-electron chi connectivity index (χ1n) is 9.43. The molecular formula is C17H26F6N4O. The van der Waals surface area contributed by atoms with E-state index >= 15 is 0 Å². The van der Waals surface area contributed by atoms with Gasteiger partial charge in [0.25, 0.3) is 0 Å². The van der Waals surface area contributed by atoms with E-state index < -0.39 is 54.3 Å². The predicted octanol–water partition coefficient (Wildman–Crippen LogP) is 1.85. The molecule has 2 heterocycles. The number of nitrogens with one attached hydrogen (secondary N) is 3. The van der Waals surface area contributed by atoms with Crippen LogP contribution in [0.5, 0.6) is 0 Å². The maximum Gasteiger partial charge on any atom is 0.393 e. The Hall–Kier alpha value is -1.07. The third-order valence-corrected chi connectivity index (χ3v) is 6.13. The fourth-order valence-corrected chi connectivity index (χ4v) is 4.59. The molecule has 3 fully saturated rings. The number of hydrogen-bond donors (Lipinski definition) is 3. The molecule has 2 aliphatic heterocycles. The lowest BCUT2D eigenvalue weighted by Crippen LogP contribution is -2.56.